The maximum absolute atomic E-state index is 11.3. The molecular formula is C20H21N3O4S. The molecule has 0 unspecified atom stereocenters. The molecule has 0 radical (unpaired) electrons. The van der Waals surface area contributed by atoms with Crippen LogP contribution in [0, 0.1) is 6.92 Å². The van der Waals surface area contributed by atoms with Crippen LogP contribution in [0.25, 0.3) is 10.2 Å². The molecule has 0 saturated heterocycles. The van der Waals surface area contributed by atoms with Gasteiger partial charge < -0.3 is 19.5 Å². The van der Waals surface area contributed by atoms with Crippen LogP contribution in [0.4, 0.5) is 5.82 Å². The van der Waals surface area contributed by atoms with Gasteiger partial charge in [-0.05, 0) is 37.1 Å². The first-order valence-electron chi connectivity index (χ1n) is 9.08. The highest BCUT2D eigenvalue weighted by Crippen LogP contribution is 2.33. The summed E-state index contributed by atoms with van der Waals surface area (Å²) in [4.78, 5) is 22.8. The van der Waals surface area contributed by atoms with Crippen LogP contribution in [0.1, 0.15) is 29.1 Å². The van der Waals surface area contributed by atoms with Crippen molar-refractivity contribution in [3.05, 3.63) is 40.5 Å². The van der Waals surface area contributed by atoms with Gasteiger partial charge in [0.25, 0.3) is 0 Å². The minimum atomic E-state index is -0.214. The summed E-state index contributed by atoms with van der Waals surface area (Å²) >= 11 is 1.64. The van der Waals surface area contributed by atoms with Crippen LogP contribution in [0.15, 0.2) is 24.3 Å². The monoisotopic (exact) mass is 399 g/mol. The summed E-state index contributed by atoms with van der Waals surface area (Å²) in [6.45, 7) is 2.94. The van der Waals surface area contributed by atoms with Crippen LogP contribution in [-0.2, 0) is 22.5 Å². The molecule has 0 bridgehead atoms. The zero-order chi connectivity index (χ0) is 19.5. The lowest BCUT2D eigenvalue weighted by Crippen LogP contribution is -2.06. The van der Waals surface area contributed by atoms with Gasteiger partial charge >= 0.3 is 5.97 Å². The molecule has 0 saturated carbocycles. The Morgan fingerprint density at radius 1 is 1.25 bits per heavy atom. The third kappa shape index (κ3) is 4.01. The average Bonchev–Trinajstić information content (AvgIpc) is 3.30. The fourth-order valence-corrected chi connectivity index (χ4v) is 3.96. The van der Waals surface area contributed by atoms with Gasteiger partial charge in [0.15, 0.2) is 11.5 Å². The van der Waals surface area contributed by atoms with Gasteiger partial charge in [-0.1, -0.05) is 6.07 Å². The number of carbonyl (C=O) groups is 1. The largest absolute Gasteiger partial charge is 0.469 e. The van der Waals surface area contributed by atoms with Crippen LogP contribution < -0.4 is 14.8 Å². The second kappa shape index (κ2) is 8.02. The van der Waals surface area contributed by atoms with E-state index in [1.54, 1.807) is 11.3 Å². The van der Waals surface area contributed by atoms with E-state index in [0.717, 1.165) is 38.9 Å². The summed E-state index contributed by atoms with van der Waals surface area (Å²) in [6, 6.07) is 8.00. The highest BCUT2D eigenvalue weighted by atomic mass is 32.1. The van der Waals surface area contributed by atoms with Crippen molar-refractivity contribution in [2.24, 2.45) is 0 Å². The quantitative estimate of drug-likeness (QED) is 0.605. The Morgan fingerprint density at radius 2 is 2.11 bits per heavy atom. The Labute approximate surface area is 166 Å². The molecule has 3 aromatic rings. The minimum Gasteiger partial charge on any atom is -0.469 e. The summed E-state index contributed by atoms with van der Waals surface area (Å²) < 4.78 is 15.5. The molecule has 3 heterocycles. The summed E-state index contributed by atoms with van der Waals surface area (Å²) in [5, 5.41) is 4.44. The fraction of sp³-hybridized carbons (Fsp3) is 0.350. The third-order valence-corrected chi connectivity index (χ3v) is 5.41. The maximum atomic E-state index is 11.3. The van der Waals surface area contributed by atoms with Crippen molar-refractivity contribution < 1.29 is 19.0 Å². The van der Waals surface area contributed by atoms with Crippen LogP contribution in [0.3, 0.4) is 0 Å². The number of aryl methyl sites for hydroxylation is 2. The number of nitrogens with one attached hydrogen (secondary N) is 1. The van der Waals surface area contributed by atoms with Gasteiger partial charge in [0.05, 0.1) is 12.5 Å². The Morgan fingerprint density at radius 3 is 2.96 bits per heavy atom. The lowest BCUT2D eigenvalue weighted by atomic mass is 10.2. The van der Waals surface area contributed by atoms with Gasteiger partial charge in [0.2, 0.25) is 6.79 Å². The summed E-state index contributed by atoms with van der Waals surface area (Å²) in [7, 11) is 1.40. The molecule has 28 heavy (non-hydrogen) atoms. The summed E-state index contributed by atoms with van der Waals surface area (Å²) in [6.07, 6.45) is 1.64. The van der Waals surface area contributed by atoms with E-state index in [2.05, 4.69) is 23.3 Å². The normalized spacial score (nSPS) is 12.4. The van der Waals surface area contributed by atoms with Gasteiger partial charge in [-0.15, -0.1) is 11.3 Å². The molecule has 0 fully saturated rings. The van der Waals surface area contributed by atoms with Gasteiger partial charge in [0, 0.05) is 24.3 Å². The van der Waals surface area contributed by atoms with Crippen molar-refractivity contribution >= 4 is 33.3 Å². The standard InChI is InChI=1S/C20H21N3O4S/c1-12-8-14-19(21-10-13-6-7-15-16(9-13)27-11-26-15)22-17(23-20(14)28-12)4-3-5-18(24)25-2/h6-9H,3-5,10-11H2,1-2H3,(H,21,22,23). The zero-order valence-corrected chi connectivity index (χ0v) is 16.6. The topological polar surface area (TPSA) is 82.6 Å². The Hall–Kier alpha value is -2.87. The van der Waals surface area contributed by atoms with Gasteiger partial charge in [-0.3, -0.25) is 4.79 Å². The van der Waals surface area contributed by atoms with Crippen LogP contribution in [-0.4, -0.2) is 29.8 Å². The van der Waals surface area contributed by atoms with Gasteiger partial charge in [0.1, 0.15) is 16.5 Å². The molecule has 0 aliphatic carbocycles. The number of anilines is 1. The number of hydrogen-bond donors (Lipinski definition) is 1. The molecule has 0 atom stereocenters. The third-order valence-electron chi connectivity index (χ3n) is 4.47. The van der Waals surface area contributed by atoms with Crippen molar-refractivity contribution in [3.8, 4) is 11.5 Å². The smallest absolute Gasteiger partial charge is 0.305 e. The number of ether oxygens (including phenoxy) is 3. The van der Waals surface area contributed by atoms with E-state index >= 15 is 0 Å². The van der Waals surface area contributed by atoms with Crippen LogP contribution in [0.2, 0.25) is 0 Å². The second-order valence-electron chi connectivity index (χ2n) is 6.54. The second-order valence-corrected chi connectivity index (χ2v) is 7.77. The Bertz CT molecular complexity index is 1020. The number of methoxy groups -OCH3 is 1. The number of benzene rings is 1. The summed E-state index contributed by atoms with van der Waals surface area (Å²) in [5.74, 6) is 2.86. The lowest BCUT2D eigenvalue weighted by molar-refractivity contribution is -0.140. The van der Waals surface area contributed by atoms with Gasteiger partial charge in [-0.25, -0.2) is 9.97 Å². The number of fused-ring (bicyclic) bond motifs is 2. The SMILES string of the molecule is COC(=O)CCCc1nc(NCc2ccc3c(c2)OCO3)c2cc(C)sc2n1. The number of nitrogens with zero attached hydrogens (tertiary/aromatic N) is 2. The lowest BCUT2D eigenvalue weighted by Gasteiger charge is -2.09. The zero-order valence-electron chi connectivity index (χ0n) is 15.8. The van der Waals surface area contributed by atoms with E-state index in [0.29, 0.717) is 25.8 Å². The number of esters is 1. The molecule has 0 amide bonds. The first kappa shape index (κ1) is 18.5. The molecule has 1 aliphatic rings. The van der Waals surface area contributed by atoms with E-state index in [1.165, 1.54) is 12.0 Å². The number of rotatable bonds is 7. The van der Waals surface area contributed by atoms with Crippen LogP contribution >= 0.6 is 11.3 Å². The number of aromatic nitrogens is 2. The molecule has 1 N–H and O–H groups in total. The van der Waals surface area contributed by atoms with E-state index < -0.39 is 0 Å². The molecule has 7 nitrogen and oxygen atoms in total. The van der Waals surface area contributed by atoms with Crippen molar-refractivity contribution in [2.45, 2.75) is 32.7 Å². The van der Waals surface area contributed by atoms with Crippen molar-refractivity contribution in [3.63, 3.8) is 0 Å². The number of thiophene rings is 1. The molecular weight excluding hydrogens is 378 g/mol. The Balaban J connectivity index is 1.52. The Kier molecular flexibility index (Phi) is 5.29. The van der Waals surface area contributed by atoms with Crippen LogP contribution in [0.5, 0.6) is 11.5 Å². The fourth-order valence-electron chi connectivity index (χ4n) is 3.06. The predicted octanol–water partition coefficient (Wildman–Crippen LogP) is 3.84. The molecule has 146 valence electrons. The minimum absolute atomic E-state index is 0.214. The average molecular weight is 399 g/mol. The van der Waals surface area contributed by atoms with Crippen molar-refractivity contribution in [2.75, 3.05) is 19.2 Å². The van der Waals surface area contributed by atoms with E-state index in [9.17, 15) is 4.79 Å². The van der Waals surface area contributed by atoms with Crippen molar-refractivity contribution in [1.82, 2.24) is 9.97 Å². The highest BCUT2D eigenvalue weighted by molar-refractivity contribution is 7.18. The molecule has 8 heteroatoms. The predicted molar refractivity (Wildman–Crippen MR) is 107 cm³/mol. The highest BCUT2D eigenvalue weighted by Gasteiger charge is 2.14. The molecule has 1 aromatic carbocycles. The van der Waals surface area contributed by atoms with E-state index in [1.807, 2.05) is 18.2 Å². The van der Waals surface area contributed by atoms with Crippen molar-refractivity contribution in [1.29, 1.82) is 0 Å². The first-order valence-corrected chi connectivity index (χ1v) is 9.90. The number of carbonyl (C=O) groups excluding carboxylic acids is 1. The number of hydrogen-bond acceptors (Lipinski definition) is 8. The van der Waals surface area contributed by atoms with E-state index in [-0.39, 0.29) is 12.8 Å². The van der Waals surface area contributed by atoms with Gasteiger partial charge in [-0.2, -0.15) is 0 Å². The molecule has 0 spiro atoms. The van der Waals surface area contributed by atoms with E-state index in [4.69, 9.17) is 19.2 Å². The molecule has 2 aromatic heterocycles. The molecule has 4 rings (SSSR count). The first-order chi connectivity index (χ1) is 13.6. The molecule has 1 aliphatic heterocycles. The maximum Gasteiger partial charge on any atom is 0.305 e. The summed E-state index contributed by atoms with van der Waals surface area (Å²) in [5.41, 5.74) is 1.08.